The average Bonchev–Trinajstić information content (AvgIpc) is 3.00. The molecule has 2 atom stereocenters. The quantitative estimate of drug-likeness (QED) is 0.264. The van der Waals surface area contributed by atoms with Crippen LogP contribution in [0.2, 0.25) is 0 Å². The second kappa shape index (κ2) is 6.32. The maximum absolute atomic E-state index is 9.15. The summed E-state index contributed by atoms with van der Waals surface area (Å²) in [6, 6.07) is 0. The molecule has 0 amide bonds. The van der Waals surface area contributed by atoms with E-state index in [4.69, 9.17) is 16.5 Å². The molecule has 22 heavy (non-hydrogen) atoms. The molecule has 1 fully saturated rings. The summed E-state index contributed by atoms with van der Waals surface area (Å²) in [6.07, 6.45) is 11.5. The summed E-state index contributed by atoms with van der Waals surface area (Å²) in [5, 5.41) is 17.0. The highest BCUT2D eigenvalue weighted by atomic mass is 16.7. The largest absolute Gasteiger partial charge is 0.411 e. The van der Waals surface area contributed by atoms with Gasteiger partial charge < -0.3 is 10.0 Å². The number of unbranched alkanes of at least 4 members (excludes halogenated alkanes) is 1. The lowest BCUT2D eigenvalue weighted by molar-refractivity contribution is -0.113. The molecule has 0 aromatic heterocycles. The van der Waals surface area contributed by atoms with Gasteiger partial charge in [-0.3, -0.25) is 0 Å². The standard InChI is InChI=1S/C18H28N2O2/c1-6-7-8-10-17(12-19-21)11-9-15-16(17)20-22-18(15,13(2)3)14(4)5/h1,12-15,21H,7-11H2,2-5H3/b19-12+/t15-,17+/m0/s1. The summed E-state index contributed by atoms with van der Waals surface area (Å²) in [4.78, 5) is 6.04. The molecule has 1 aliphatic heterocycles. The van der Waals surface area contributed by atoms with E-state index in [-0.39, 0.29) is 11.0 Å². The molecule has 0 bridgehead atoms. The van der Waals surface area contributed by atoms with E-state index < -0.39 is 0 Å². The zero-order valence-corrected chi connectivity index (χ0v) is 14.2. The van der Waals surface area contributed by atoms with Crippen molar-refractivity contribution in [2.45, 2.75) is 65.4 Å². The monoisotopic (exact) mass is 304 g/mol. The van der Waals surface area contributed by atoms with Crippen molar-refractivity contribution in [2.24, 2.45) is 33.5 Å². The van der Waals surface area contributed by atoms with Gasteiger partial charge in [0.15, 0.2) is 0 Å². The molecule has 4 heteroatoms. The molecule has 1 saturated carbocycles. The first-order chi connectivity index (χ1) is 10.4. The van der Waals surface area contributed by atoms with Crippen molar-refractivity contribution in [3.8, 4) is 12.3 Å². The van der Waals surface area contributed by atoms with Gasteiger partial charge in [-0.15, -0.1) is 17.5 Å². The average molecular weight is 304 g/mol. The van der Waals surface area contributed by atoms with Crippen LogP contribution in [0.4, 0.5) is 0 Å². The van der Waals surface area contributed by atoms with Crippen molar-refractivity contribution in [1.29, 1.82) is 0 Å². The zero-order valence-electron chi connectivity index (χ0n) is 14.2. The fraction of sp³-hybridized carbons (Fsp3) is 0.778. The lowest BCUT2D eigenvalue weighted by Crippen LogP contribution is -2.48. The van der Waals surface area contributed by atoms with Gasteiger partial charge in [-0.1, -0.05) is 32.9 Å². The lowest BCUT2D eigenvalue weighted by Gasteiger charge is -2.39. The Morgan fingerprint density at radius 2 is 2.14 bits per heavy atom. The minimum absolute atomic E-state index is 0.244. The number of terminal acetylenes is 1. The van der Waals surface area contributed by atoms with Crippen LogP contribution in [0.1, 0.15) is 59.8 Å². The van der Waals surface area contributed by atoms with E-state index in [0.29, 0.717) is 17.8 Å². The highest BCUT2D eigenvalue weighted by molar-refractivity contribution is 6.07. The predicted molar refractivity (Wildman–Crippen MR) is 89.0 cm³/mol. The van der Waals surface area contributed by atoms with Gasteiger partial charge >= 0.3 is 0 Å². The molecule has 2 rings (SSSR count). The van der Waals surface area contributed by atoms with Gasteiger partial charge in [0.05, 0.1) is 17.3 Å². The van der Waals surface area contributed by atoms with Gasteiger partial charge in [0, 0.05) is 12.3 Å². The van der Waals surface area contributed by atoms with Crippen molar-refractivity contribution in [1.82, 2.24) is 0 Å². The van der Waals surface area contributed by atoms with Gasteiger partial charge in [0.2, 0.25) is 0 Å². The summed E-state index contributed by atoms with van der Waals surface area (Å²) in [6.45, 7) is 8.82. The molecule has 0 aromatic rings. The Kier molecular flexibility index (Phi) is 4.84. The third-order valence-electron chi connectivity index (χ3n) is 5.62. The normalized spacial score (nSPS) is 29.7. The molecule has 4 nitrogen and oxygen atoms in total. The van der Waals surface area contributed by atoms with Gasteiger partial charge in [0.1, 0.15) is 5.60 Å². The van der Waals surface area contributed by atoms with Crippen LogP contribution in [0.15, 0.2) is 10.3 Å². The number of fused-ring (bicyclic) bond motifs is 1. The zero-order chi connectivity index (χ0) is 16.4. The Bertz CT molecular complexity index is 494. The van der Waals surface area contributed by atoms with Crippen molar-refractivity contribution in [2.75, 3.05) is 0 Å². The Morgan fingerprint density at radius 1 is 1.45 bits per heavy atom. The molecule has 0 spiro atoms. The molecule has 2 aliphatic rings. The Morgan fingerprint density at radius 3 is 2.68 bits per heavy atom. The van der Waals surface area contributed by atoms with Gasteiger partial charge in [-0.25, -0.2) is 0 Å². The number of oxime groups is 2. The molecule has 0 aromatic carbocycles. The molecule has 1 heterocycles. The Labute approximate surface area is 134 Å². The van der Waals surface area contributed by atoms with Crippen LogP contribution in [0, 0.1) is 35.5 Å². The van der Waals surface area contributed by atoms with Crippen molar-refractivity contribution in [3.05, 3.63) is 0 Å². The summed E-state index contributed by atoms with van der Waals surface area (Å²) in [7, 11) is 0. The van der Waals surface area contributed by atoms with Crippen LogP contribution < -0.4 is 0 Å². The number of hydrogen-bond donors (Lipinski definition) is 1. The van der Waals surface area contributed by atoms with Crippen LogP contribution in [0.5, 0.6) is 0 Å². The lowest BCUT2D eigenvalue weighted by atomic mass is 9.68. The van der Waals surface area contributed by atoms with E-state index in [9.17, 15) is 0 Å². The van der Waals surface area contributed by atoms with E-state index in [1.807, 2.05) is 0 Å². The summed E-state index contributed by atoms with van der Waals surface area (Å²) >= 11 is 0. The maximum atomic E-state index is 9.15. The molecular weight excluding hydrogens is 276 g/mol. The van der Waals surface area contributed by atoms with E-state index >= 15 is 0 Å². The van der Waals surface area contributed by atoms with Crippen LogP contribution in [0.3, 0.4) is 0 Å². The molecule has 0 radical (unpaired) electrons. The third-order valence-corrected chi connectivity index (χ3v) is 5.62. The fourth-order valence-electron chi connectivity index (χ4n) is 4.55. The Balaban J connectivity index is 2.31. The van der Waals surface area contributed by atoms with Gasteiger partial charge in [-0.05, 0) is 37.5 Å². The van der Waals surface area contributed by atoms with Crippen LogP contribution in [0.25, 0.3) is 0 Å². The van der Waals surface area contributed by atoms with Gasteiger partial charge in [0.25, 0.3) is 0 Å². The summed E-state index contributed by atoms with van der Waals surface area (Å²) in [5.74, 6) is 3.75. The van der Waals surface area contributed by atoms with Crippen molar-refractivity contribution >= 4 is 11.9 Å². The Hall–Kier alpha value is -1.50. The smallest absolute Gasteiger partial charge is 0.150 e. The fourth-order valence-corrected chi connectivity index (χ4v) is 4.55. The third kappa shape index (κ3) is 2.41. The summed E-state index contributed by atoms with van der Waals surface area (Å²) < 4.78 is 0. The second-order valence-electron chi connectivity index (χ2n) is 7.28. The first-order valence-electron chi connectivity index (χ1n) is 8.33. The first-order valence-corrected chi connectivity index (χ1v) is 8.33. The molecular formula is C18H28N2O2. The maximum Gasteiger partial charge on any atom is 0.150 e. The second-order valence-corrected chi connectivity index (χ2v) is 7.28. The van der Waals surface area contributed by atoms with Crippen molar-refractivity contribution in [3.63, 3.8) is 0 Å². The SMILES string of the molecule is C#CCCC[C@]1(/C=N/O)CC[C@H]2C1=NOC2(C(C)C)C(C)C. The van der Waals surface area contributed by atoms with Crippen LogP contribution in [-0.4, -0.2) is 22.7 Å². The number of hydrogen-bond acceptors (Lipinski definition) is 4. The van der Waals surface area contributed by atoms with Gasteiger partial charge in [-0.2, -0.15) is 0 Å². The number of rotatable bonds is 6. The minimum atomic E-state index is -0.290. The van der Waals surface area contributed by atoms with Crippen LogP contribution in [-0.2, 0) is 4.84 Å². The highest BCUT2D eigenvalue weighted by Gasteiger charge is 2.60. The van der Waals surface area contributed by atoms with Crippen LogP contribution >= 0.6 is 0 Å². The predicted octanol–water partition coefficient (Wildman–Crippen LogP) is 4.08. The molecule has 122 valence electrons. The molecule has 0 saturated heterocycles. The first kappa shape index (κ1) is 16.9. The van der Waals surface area contributed by atoms with E-state index in [1.165, 1.54) is 0 Å². The van der Waals surface area contributed by atoms with E-state index in [0.717, 1.165) is 37.8 Å². The van der Waals surface area contributed by atoms with E-state index in [2.05, 4.69) is 43.9 Å². The molecule has 1 N–H and O–H groups in total. The molecule has 1 aliphatic carbocycles. The minimum Gasteiger partial charge on any atom is -0.411 e. The topological polar surface area (TPSA) is 54.2 Å². The molecule has 0 unspecified atom stereocenters. The number of nitrogens with zero attached hydrogens (tertiary/aromatic N) is 2. The van der Waals surface area contributed by atoms with E-state index in [1.54, 1.807) is 6.21 Å². The van der Waals surface area contributed by atoms with Crippen molar-refractivity contribution < 1.29 is 10.0 Å². The highest BCUT2D eigenvalue weighted by Crippen LogP contribution is 2.54. The summed E-state index contributed by atoms with van der Waals surface area (Å²) in [5.41, 5.74) is 0.526.